The second kappa shape index (κ2) is 9.77. The lowest BCUT2D eigenvalue weighted by Crippen LogP contribution is -2.23. The van der Waals surface area contributed by atoms with Crippen molar-refractivity contribution in [3.8, 4) is 11.5 Å². The van der Waals surface area contributed by atoms with Crippen LogP contribution in [0, 0.1) is 0 Å². The van der Waals surface area contributed by atoms with Crippen LogP contribution in [-0.2, 0) is 14.8 Å². The van der Waals surface area contributed by atoms with Crippen LogP contribution in [0.5, 0.6) is 11.5 Å². The molecule has 2 aromatic carbocycles. The molecule has 0 atom stereocenters. The molecule has 2 rings (SSSR count). The maximum absolute atomic E-state index is 12.8. The second-order valence-corrected chi connectivity index (χ2v) is 8.30. The molecular formula is C19H18F6N2O5S. The van der Waals surface area contributed by atoms with E-state index in [2.05, 4.69) is 14.2 Å². The van der Waals surface area contributed by atoms with Gasteiger partial charge in [-0.1, -0.05) is 0 Å². The molecule has 14 heteroatoms. The lowest BCUT2D eigenvalue weighted by Gasteiger charge is -2.17. The van der Waals surface area contributed by atoms with Gasteiger partial charge in [-0.15, -0.1) is 0 Å². The Morgan fingerprint density at radius 1 is 0.939 bits per heavy atom. The van der Waals surface area contributed by atoms with Gasteiger partial charge in [-0.3, -0.25) is 9.52 Å². The summed E-state index contributed by atoms with van der Waals surface area (Å²) in [6.07, 6.45) is -9.52. The Hall–Kier alpha value is -3.16. The largest absolute Gasteiger partial charge is 0.484 e. The third kappa shape index (κ3) is 8.04. The highest BCUT2D eigenvalue weighted by Gasteiger charge is 2.31. The molecule has 0 radical (unpaired) electrons. The first-order valence-electron chi connectivity index (χ1n) is 8.98. The van der Waals surface area contributed by atoms with Gasteiger partial charge in [-0.25, -0.2) is 8.42 Å². The number of rotatable bonds is 8. The molecule has 33 heavy (non-hydrogen) atoms. The zero-order chi connectivity index (χ0) is 25.0. The molecule has 0 saturated carbocycles. The van der Waals surface area contributed by atoms with Crippen LogP contribution in [0.1, 0.15) is 6.92 Å². The second-order valence-electron chi connectivity index (χ2n) is 6.65. The molecule has 1 amide bonds. The first-order valence-corrected chi connectivity index (χ1v) is 10.5. The van der Waals surface area contributed by atoms with Crippen LogP contribution in [0.3, 0.4) is 0 Å². The Balaban J connectivity index is 2.36. The first-order chi connectivity index (χ1) is 15.1. The van der Waals surface area contributed by atoms with Crippen molar-refractivity contribution < 1.29 is 49.0 Å². The van der Waals surface area contributed by atoms with Crippen LogP contribution in [0.4, 0.5) is 37.7 Å². The maximum Gasteiger partial charge on any atom is 0.422 e. The topological polar surface area (TPSA) is 84.9 Å². The van der Waals surface area contributed by atoms with Crippen LogP contribution in [0.2, 0.25) is 0 Å². The summed E-state index contributed by atoms with van der Waals surface area (Å²) in [7, 11) is -3.14. The molecule has 7 nitrogen and oxygen atoms in total. The molecule has 0 spiro atoms. The highest BCUT2D eigenvalue weighted by atomic mass is 32.2. The molecular weight excluding hydrogens is 482 g/mol. The van der Waals surface area contributed by atoms with E-state index in [1.165, 1.54) is 43.1 Å². The van der Waals surface area contributed by atoms with Crippen molar-refractivity contribution in [1.82, 2.24) is 0 Å². The van der Waals surface area contributed by atoms with Crippen LogP contribution in [0.25, 0.3) is 0 Å². The SMILES string of the molecule is CC(=O)N(C)c1ccc(NS(=O)(=O)c2cc(OCC(F)(F)F)ccc2OCC(F)(F)F)cc1. The minimum absolute atomic E-state index is 0.0286. The summed E-state index contributed by atoms with van der Waals surface area (Å²) in [5, 5.41) is 0. The van der Waals surface area contributed by atoms with E-state index in [0.717, 1.165) is 12.1 Å². The van der Waals surface area contributed by atoms with Crippen molar-refractivity contribution in [3.05, 3.63) is 42.5 Å². The summed E-state index contributed by atoms with van der Waals surface area (Å²) in [6.45, 7) is -2.26. The van der Waals surface area contributed by atoms with E-state index in [4.69, 9.17) is 0 Å². The van der Waals surface area contributed by atoms with Gasteiger partial charge < -0.3 is 14.4 Å². The predicted octanol–water partition coefficient (Wildman–Crippen LogP) is 4.35. The highest BCUT2D eigenvalue weighted by Crippen LogP contribution is 2.32. The number of hydrogen-bond acceptors (Lipinski definition) is 5. The summed E-state index contributed by atoms with van der Waals surface area (Å²) in [5.74, 6) is -1.58. The standard InChI is InChI=1S/C19H18F6N2O5S/c1-12(28)27(2)14-5-3-13(4-6-14)26-33(29,30)17-9-15(31-10-18(20,21)22)7-8-16(17)32-11-19(23,24)25/h3-9,26H,10-11H2,1-2H3. The highest BCUT2D eigenvalue weighted by molar-refractivity contribution is 7.92. The number of amides is 1. The Morgan fingerprint density at radius 2 is 1.48 bits per heavy atom. The van der Waals surface area contributed by atoms with Gasteiger partial charge in [0.25, 0.3) is 10.0 Å². The first kappa shape index (κ1) is 26.1. The van der Waals surface area contributed by atoms with Crippen LogP contribution < -0.4 is 19.1 Å². The fourth-order valence-corrected chi connectivity index (χ4v) is 3.60. The van der Waals surface area contributed by atoms with Crippen LogP contribution >= 0.6 is 0 Å². The number of nitrogens with zero attached hydrogens (tertiary/aromatic N) is 1. The van der Waals surface area contributed by atoms with Crippen molar-refractivity contribution in [2.75, 3.05) is 29.9 Å². The lowest BCUT2D eigenvalue weighted by atomic mass is 10.2. The minimum Gasteiger partial charge on any atom is -0.484 e. The number of carbonyl (C=O) groups excluding carboxylic acids is 1. The molecule has 0 aliphatic heterocycles. The quantitative estimate of drug-likeness (QED) is 0.545. The van der Waals surface area contributed by atoms with Gasteiger partial charge in [0, 0.05) is 31.4 Å². The summed E-state index contributed by atoms with van der Waals surface area (Å²) in [5.41, 5.74) is 0.404. The zero-order valence-electron chi connectivity index (χ0n) is 17.1. The monoisotopic (exact) mass is 500 g/mol. The number of ether oxygens (including phenoxy) is 2. The smallest absolute Gasteiger partial charge is 0.422 e. The average molecular weight is 500 g/mol. The third-order valence-corrected chi connectivity index (χ3v) is 5.38. The number of benzene rings is 2. The van der Waals surface area contributed by atoms with Gasteiger partial charge >= 0.3 is 12.4 Å². The molecule has 0 bridgehead atoms. The molecule has 0 saturated heterocycles. The fraction of sp³-hybridized carbons (Fsp3) is 0.316. The zero-order valence-corrected chi connectivity index (χ0v) is 17.9. The normalized spacial score (nSPS) is 12.2. The van der Waals surface area contributed by atoms with Gasteiger partial charge in [0.05, 0.1) is 0 Å². The Bertz CT molecular complexity index is 1090. The van der Waals surface area contributed by atoms with Gasteiger partial charge in [0.2, 0.25) is 5.91 Å². The summed E-state index contributed by atoms with van der Waals surface area (Å²) in [6, 6.07) is 7.61. The molecule has 0 heterocycles. The predicted molar refractivity (Wildman–Crippen MR) is 106 cm³/mol. The van der Waals surface area contributed by atoms with E-state index in [9.17, 15) is 39.6 Å². The Labute approximate surface area is 184 Å². The van der Waals surface area contributed by atoms with E-state index in [1.54, 1.807) is 0 Å². The number of sulfonamides is 1. The van der Waals surface area contributed by atoms with Gasteiger partial charge in [0.1, 0.15) is 16.4 Å². The van der Waals surface area contributed by atoms with E-state index >= 15 is 0 Å². The third-order valence-electron chi connectivity index (χ3n) is 3.98. The number of carbonyl (C=O) groups is 1. The summed E-state index contributed by atoms with van der Waals surface area (Å²) in [4.78, 5) is 11.8. The van der Waals surface area contributed by atoms with Crippen molar-refractivity contribution in [2.24, 2.45) is 0 Å². The van der Waals surface area contributed by atoms with Crippen molar-refractivity contribution in [3.63, 3.8) is 0 Å². The Kier molecular flexibility index (Phi) is 7.72. The minimum atomic E-state index is -4.79. The van der Waals surface area contributed by atoms with E-state index < -0.39 is 52.0 Å². The molecule has 1 N–H and O–H groups in total. The van der Waals surface area contributed by atoms with E-state index in [0.29, 0.717) is 11.8 Å². The number of hydrogen-bond donors (Lipinski definition) is 1. The van der Waals surface area contributed by atoms with Crippen LogP contribution in [-0.4, -0.2) is 46.9 Å². The van der Waals surface area contributed by atoms with E-state index in [1.807, 2.05) is 0 Å². The number of anilines is 2. The molecule has 0 aromatic heterocycles. The average Bonchev–Trinajstić information content (AvgIpc) is 2.69. The van der Waals surface area contributed by atoms with Gasteiger partial charge in [-0.2, -0.15) is 26.3 Å². The van der Waals surface area contributed by atoms with Crippen LogP contribution in [0.15, 0.2) is 47.4 Å². The maximum atomic E-state index is 12.8. The number of alkyl halides is 6. The van der Waals surface area contributed by atoms with E-state index in [-0.39, 0.29) is 11.6 Å². The molecule has 0 fully saturated rings. The number of halogens is 6. The summed E-state index contributed by atoms with van der Waals surface area (Å²) >= 11 is 0. The van der Waals surface area contributed by atoms with Crippen molar-refractivity contribution >= 4 is 27.3 Å². The Morgan fingerprint density at radius 3 is 2.00 bits per heavy atom. The van der Waals surface area contributed by atoms with Gasteiger partial charge in [0.15, 0.2) is 13.2 Å². The van der Waals surface area contributed by atoms with Gasteiger partial charge in [-0.05, 0) is 36.4 Å². The fourth-order valence-electron chi connectivity index (χ4n) is 2.38. The molecule has 0 unspecified atom stereocenters. The molecule has 0 aliphatic rings. The molecule has 0 aliphatic carbocycles. The molecule has 2 aromatic rings. The van der Waals surface area contributed by atoms with Crippen molar-refractivity contribution in [1.29, 1.82) is 0 Å². The summed E-state index contributed by atoms with van der Waals surface area (Å²) < 4.78 is 112. The van der Waals surface area contributed by atoms with Crippen molar-refractivity contribution in [2.45, 2.75) is 24.2 Å². The number of nitrogens with one attached hydrogen (secondary N) is 1. The lowest BCUT2D eigenvalue weighted by molar-refractivity contribution is -0.154. The molecule has 182 valence electrons.